The summed E-state index contributed by atoms with van der Waals surface area (Å²) < 4.78 is 18.7. The molecule has 0 aromatic heterocycles. The molecule has 4 rings (SSSR count). The maximum absolute atomic E-state index is 14.2. The lowest BCUT2D eigenvalue weighted by atomic mass is 9.54. The van der Waals surface area contributed by atoms with E-state index >= 15 is 0 Å². The van der Waals surface area contributed by atoms with Crippen molar-refractivity contribution in [3.63, 3.8) is 0 Å². The van der Waals surface area contributed by atoms with Crippen molar-refractivity contribution >= 4 is 14.2 Å². The summed E-state index contributed by atoms with van der Waals surface area (Å²) in [6, 6.07) is 10.4. The van der Waals surface area contributed by atoms with Gasteiger partial charge in [0.15, 0.2) is 14.1 Å². The summed E-state index contributed by atoms with van der Waals surface area (Å²) in [6.07, 6.45) is 2.50. The molecule has 178 valence electrons. The van der Waals surface area contributed by atoms with Crippen LogP contribution in [0.1, 0.15) is 52.5 Å². The van der Waals surface area contributed by atoms with Crippen LogP contribution in [0.5, 0.6) is 0 Å². The van der Waals surface area contributed by atoms with Crippen LogP contribution in [0.4, 0.5) is 0 Å². The van der Waals surface area contributed by atoms with E-state index in [0.717, 1.165) is 31.4 Å². The number of nitrogens with zero attached hydrogens (tertiary/aromatic N) is 1. The molecule has 2 heterocycles. The molecule has 32 heavy (non-hydrogen) atoms. The van der Waals surface area contributed by atoms with Gasteiger partial charge in [-0.2, -0.15) is 0 Å². The Morgan fingerprint density at radius 3 is 2.41 bits per heavy atom. The minimum Gasteiger partial charge on any atom is -0.415 e. The third-order valence-electron chi connectivity index (χ3n) is 8.87. The van der Waals surface area contributed by atoms with Gasteiger partial charge in [-0.3, -0.25) is 4.79 Å². The summed E-state index contributed by atoms with van der Waals surface area (Å²) in [6.45, 7) is 16.9. The Hall–Kier alpha value is -1.21. The van der Waals surface area contributed by atoms with Crippen LogP contribution in [-0.4, -0.2) is 57.8 Å². The van der Waals surface area contributed by atoms with Gasteiger partial charge in [-0.25, -0.2) is 0 Å². The molecule has 3 atom stereocenters. The molecule has 0 N–H and O–H groups in total. The molecule has 1 unspecified atom stereocenters. The zero-order valence-electron chi connectivity index (χ0n) is 20.8. The third kappa shape index (κ3) is 3.87. The molecule has 0 radical (unpaired) electrons. The van der Waals surface area contributed by atoms with Crippen molar-refractivity contribution in [2.24, 2.45) is 11.8 Å². The summed E-state index contributed by atoms with van der Waals surface area (Å²) in [5, 5.41) is 0.170. The first-order chi connectivity index (χ1) is 15.0. The molecular weight excluding hydrogens is 418 g/mol. The number of benzene rings is 1. The van der Waals surface area contributed by atoms with Gasteiger partial charge >= 0.3 is 0 Å². The first kappa shape index (κ1) is 23.9. The molecule has 2 saturated heterocycles. The van der Waals surface area contributed by atoms with Gasteiger partial charge in [0.05, 0.1) is 25.2 Å². The van der Waals surface area contributed by atoms with Gasteiger partial charge in [0.25, 0.3) is 0 Å². The number of piperidine rings is 1. The van der Waals surface area contributed by atoms with E-state index in [4.69, 9.17) is 13.9 Å². The van der Waals surface area contributed by atoms with Crippen LogP contribution in [0.25, 0.3) is 0 Å². The highest BCUT2D eigenvalue weighted by atomic mass is 28.4. The average Bonchev–Trinajstić information content (AvgIpc) is 3.22. The van der Waals surface area contributed by atoms with Crippen molar-refractivity contribution in [1.29, 1.82) is 0 Å². The van der Waals surface area contributed by atoms with E-state index in [9.17, 15) is 4.79 Å². The van der Waals surface area contributed by atoms with E-state index in [1.807, 2.05) is 6.07 Å². The second kappa shape index (κ2) is 8.53. The second-order valence-electron chi connectivity index (χ2n) is 11.4. The van der Waals surface area contributed by atoms with Gasteiger partial charge in [-0.05, 0) is 42.5 Å². The first-order valence-corrected chi connectivity index (χ1v) is 15.2. The van der Waals surface area contributed by atoms with Crippen molar-refractivity contribution in [3.8, 4) is 0 Å². The quantitative estimate of drug-likeness (QED) is 0.584. The van der Waals surface area contributed by atoms with Crippen LogP contribution in [0.2, 0.25) is 18.1 Å². The van der Waals surface area contributed by atoms with Crippen LogP contribution >= 0.6 is 0 Å². The van der Waals surface area contributed by atoms with Crippen molar-refractivity contribution in [2.45, 2.75) is 76.3 Å². The lowest BCUT2D eigenvalue weighted by Crippen LogP contribution is -2.64. The summed E-state index contributed by atoms with van der Waals surface area (Å²) in [5.41, 5.74) is 0.640. The van der Waals surface area contributed by atoms with Gasteiger partial charge in [-0.15, -0.1) is 0 Å². The molecule has 6 heteroatoms. The van der Waals surface area contributed by atoms with Crippen LogP contribution in [0, 0.1) is 11.8 Å². The van der Waals surface area contributed by atoms with Gasteiger partial charge in [0, 0.05) is 25.4 Å². The minimum atomic E-state index is -1.83. The van der Waals surface area contributed by atoms with Gasteiger partial charge in [-0.1, -0.05) is 58.0 Å². The normalized spacial score (nSPS) is 30.6. The average molecular weight is 460 g/mol. The highest BCUT2D eigenvalue weighted by Crippen LogP contribution is 2.56. The van der Waals surface area contributed by atoms with E-state index in [1.54, 1.807) is 0 Å². The lowest BCUT2D eigenvalue weighted by molar-refractivity contribution is -0.238. The number of fused-ring (bicyclic) bond motifs is 1. The van der Waals surface area contributed by atoms with E-state index in [0.29, 0.717) is 26.4 Å². The number of likely N-dealkylation sites (tertiary alicyclic amines) is 1. The summed E-state index contributed by atoms with van der Waals surface area (Å²) >= 11 is 0. The number of hydrogen-bond acceptors (Lipinski definition) is 4. The molecule has 3 fully saturated rings. The molecule has 2 aliphatic heterocycles. The molecule has 3 aliphatic rings. The zero-order chi connectivity index (χ0) is 23.2. The molecule has 1 saturated carbocycles. The standard InChI is InChI=1S/C26H41NO4Si/c1-20-22-12-15-27(16-17-31-32(5,6)24(2,3)4)23(28)25(22,21-10-8-7-9-11-21)13-14-26(20)29-18-19-30-26/h7-11,20,22H,12-19H2,1-6H3/t20-,22-,25?/m0/s1. The fourth-order valence-corrected chi connectivity index (χ4v) is 6.93. The number of carbonyl (C=O) groups is 1. The Balaban J connectivity index is 1.58. The Bertz CT molecular complexity index is 815. The van der Waals surface area contributed by atoms with Gasteiger partial charge in [0.2, 0.25) is 5.91 Å². The van der Waals surface area contributed by atoms with Crippen molar-refractivity contribution in [1.82, 2.24) is 4.90 Å². The number of hydrogen-bond donors (Lipinski definition) is 0. The third-order valence-corrected chi connectivity index (χ3v) is 13.4. The Kier molecular flexibility index (Phi) is 6.38. The predicted octanol–water partition coefficient (Wildman–Crippen LogP) is 4.97. The minimum absolute atomic E-state index is 0.170. The Labute approximate surface area is 194 Å². The number of amides is 1. The Morgan fingerprint density at radius 2 is 1.78 bits per heavy atom. The summed E-state index contributed by atoms with van der Waals surface area (Å²) in [5.74, 6) is 0.130. The van der Waals surface area contributed by atoms with Crippen LogP contribution in [0.15, 0.2) is 30.3 Å². The molecule has 1 spiro atoms. The van der Waals surface area contributed by atoms with Gasteiger partial charge in [0.1, 0.15) is 0 Å². The fraction of sp³-hybridized carbons (Fsp3) is 0.731. The van der Waals surface area contributed by atoms with E-state index < -0.39 is 19.5 Å². The van der Waals surface area contributed by atoms with E-state index in [-0.39, 0.29) is 22.8 Å². The fourth-order valence-electron chi connectivity index (χ4n) is 5.89. The number of carbonyl (C=O) groups excluding carboxylic acids is 1. The van der Waals surface area contributed by atoms with E-state index in [2.05, 4.69) is 70.0 Å². The molecular formula is C26H41NO4Si. The van der Waals surface area contributed by atoms with Crippen molar-refractivity contribution in [3.05, 3.63) is 35.9 Å². The summed E-state index contributed by atoms with van der Waals surface area (Å²) in [7, 11) is -1.83. The SMILES string of the molecule is C[C@H]1[C@@H]2CCN(CCO[Si](C)(C)C(C)(C)C)C(=O)C2(c2ccccc2)CCC12OCCO2. The van der Waals surface area contributed by atoms with Crippen LogP contribution < -0.4 is 0 Å². The summed E-state index contributed by atoms with van der Waals surface area (Å²) in [4.78, 5) is 16.3. The first-order valence-electron chi connectivity index (χ1n) is 12.3. The molecule has 1 aromatic rings. The zero-order valence-corrected chi connectivity index (χ0v) is 21.8. The monoisotopic (exact) mass is 459 g/mol. The lowest BCUT2D eigenvalue weighted by Gasteiger charge is -2.56. The van der Waals surface area contributed by atoms with E-state index in [1.165, 1.54) is 0 Å². The topological polar surface area (TPSA) is 48.0 Å². The predicted molar refractivity (Wildman–Crippen MR) is 129 cm³/mol. The molecule has 5 nitrogen and oxygen atoms in total. The molecule has 1 aromatic carbocycles. The largest absolute Gasteiger partial charge is 0.415 e. The highest BCUT2D eigenvalue weighted by Gasteiger charge is 2.62. The van der Waals surface area contributed by atoms with Crippen molar-refractivity contribution < 1.29 is 18.7 Å². The Morgan fingerprint density at radius 1 is 1.12 bits per heavy atom. The van der Waals surface area contributed by atoms with Crippen molar-refractivity contribution in [2.75, 3.05) is 32.9 Å². The molecule has 1 aliphatic carbocycles. The number of rotatable bonds is 5. The van der Waals surface area contributed by atoms with Crippen LogP contribution in [0.3, 0.4) is 0 Å². The maximum Gasteiger partial charge on any atom is 0.233 e. The second-order valence-corrected chi connectivity index (χ2v) is 16.2. The van der Waals surface area contributed by atoms with Gasteiger partial charge < -0.3 is 18.8 Å². The molecule has 1 amide bonds. The maximum atomic E-state index is 14.2. The highest BCUT2D eigenvalue weighted by molar-refractivity contribution is 6.74. The number of ether oxygens (including phenoxy) is 2. The smallest absolute Gasteiger partial charge is 0.233 e. The molecule has 0 bridgehead atoms. The van der Waals surface area contributed by atoms with Crippen LogP contribution in [-0.2, 0) is 24.1 Å².